The Labute approximate surface area is 180 Å². The Morgan fingerprint density at radius 1 is 1.13 bits per heavy atom. The van der Waals surface area contributed by atoms with Gasteiger partial charge in [-0.2, -0.15) is 4.31 Å². The van der Waals surface area contributed by atoms with Crippen molar-refractivity contribution in [1.29, 1.82) is 0 Å². The minimum absolute atomic E-state index is 0.126. The molecule has 0 saturated heterocycles. The Morgan fingerprint density at radius 2 is 1.87 bits per heavy atom. The molecule has 3 rings (SSSR count). The third kappa shape index (κ3) is 4.66. The monoisotopic (exact) mass is 447 g/mol. The summed E-state index contributed by atoms with van der Waals surface area (Å²) in [6, 6.07) is 9.02. The topological polar surface area (TPSA) is 96.7 Å². The zero-order valence-corrected chi connectivity index (χ0v) is 19.0. The van der Waals surface area contributed by atoms with Crippen molar-refractivity contribution in [1.82, 2.24) is 18.9 Å². The van der Waals surface area contributed by atoms with Crippen molar-refractivity contribution in [3.8, 4) is 0 Å². The lowest BCUT2D eigenvalue weighted by Crippen LogP contribution is -2.30. The zero-order valence-electron chi connectivity index (χ0n) is 17.4. The van der Waals surface area contributed by atoms with Crippen LogP contribution in [0.1, 0.15) is 25.0 Å². The number of amides is 1. The van der Waals surface area contributed by atoms with Gasteiger partial charge in [-0.15, -0.1) is 10.2 Å². The molecule has 30 heavy (non-hydrogen) atoms. The fourth-order valence-corrected chi connectivity index (χ4v) is 5.17. The third-order valence-corrected chi connectivity index (χ3v) is 7.66. The molecule has 0 spiro atoms. The molecule has 0 radical (unpaired) electrons. The normalized spacial score (nSPS) is 11.9. The van der Waals surface area contributed by atoms with E-state index in [1.165, 1.54) is 28.3 Å². The lowest BCUT2D eigenvalue weighted by Gasteiger charge is -2.18. The van der Waals surface area contributed by atoms with Gasteiger partial charge in [0.05, 0.1) is 10.6 Å². The number of thioether (sulfide) groups is 1. The van der Waals surface area contributed by atoms with Crippen LogP contribution in [0, 0.1) is 13.8 Å². The Bertz CT molecular complexity index is 1170. The van der Waals surface area contributed by atoms with Crippen LogP contribution in [0.2, 0.25) is 0 Å². The molecule has 0 unspecified atom stereocenters. The van der Waals surface area contributed by atoms with E-state index in [9.17, 15) is 13.2 Å². The van der Waals surface area contributed by atoms with Crippen LogP contribution in [0.5, 0.6) is 0 Å². The molecule has 1 N–H and O–H groups in total. The summed E-state index contributed by atoms with van der Waals surface area (Å²) in [6.45, 7) is 8.28. The molecule has 0 bridgehead atoms. The number of aryl methyl sites for hydroxylation is 2. The zero-order chi connectivity index (χ0) is 21.9. The SMILES string of the molecule is CCN(CC)S(=O)(=O)c1ccc2nnc(SCC(=O)Nc3cc(C)ccc3C)n2c1. The van der Waals surface area contributed by atoms with Gasteiger partial charge in [0.1, 0.15) is 0 Å². The van der Waals surface area contributed by atoms with Gasteiger partial charge in [-0.25, -0.2) is 8.42 Å². The molecule has 1 amide bonds. The summed E-state index contributed by atoms with van der Waals surface area (Å²) in [5.74, 6) is -0.0429. The largest absolute Gasteiger partial charge is 0.325 e. The van der Waals surface area contributed by atoms with Crippen molar-refractivity contribution in [3.63, 3.8) is 0 Å². The van der Waals surface area contributed by atoms with E-state index in [2.05, 4.69) is 15.5 Å². The Kier molecular flexibility index (Phi) is 6.79. The summed E-state index contributed by atoms with van der Waals surface area (Å²) in [7, 11) is -3.60. The molecule has 0 aliphatic carbocycles. The molecule has 0 atom stereocenters. The molecule has 2 aromatic heterocycles. The van der Waals surface area contributed by atoms with Gasteiger partial charge >= 0.3 is 0 Å². The number of nitrogens with one attached hydrogen (secondary N) is 1. The second-order valence-electron chi connectivity index (χ2n) is 6.82. The van der Waals surface area contributed by atoms with Gasteiger partial charge in [0.15, 0.2) is 10.8 Å². The predicted molar refractivity (Wildman–Crippen MR) is 118 cm³/mol. The Balaban J connectivity index is 1.78. The number of benzene rings is 1. The average molecular weight is 448 g/mol. The van der Waals surface area contributed by atoms with E-state index >= 15 is 0 Å². The Hall–Kier alpha value is -2.43. The summed E-state index contributed by atoms with van der Waals surface area (Å²) in [5.41, 5.74) is 3.34. The van der Waals surface area contributed by atoms with Crippen molar-refractivity contribution < 1.29 is 13.2 Å². The number of carbonyl (C=O) groups excluding carboxylic acids is 1. The van der Waals surface area contributed by atoms with E-state index in [4.69, 9.17) is 0 Å². The molecule has 1 aromatic carbocycles. The second kappa shape index (κ2) is 9.15. The van der Waals surface area contributed by atoms with Crippen LogP contribution in [0.25, 0.3) is 5.65 Å². The maximum atomic E-state index is 12.8. The first-order valence-electron chi connectivity index (χ1n) is 9.61. The maximum absolute atomic E-state index is 12.8. The molecule has 0 saturated carbocycles. The van der Waals surface area contributed by atoms with Gasteiger partial charge in [-0.1, -0.05) is 37.7 Å². The highest BCUT2D eigenvalue weighted by atomic mass is 32.2. The third-order valence-electron chi connectivity index (χ3n) is 4.69. The van der Waals surface area contributed by atoms with Gasteiger partial charge in [0, 0.05) is 25.0 Å². The second-order valence-corrected chi connectivity index (χ2v) is 9.70. The first-order valence-corrected chi connectivity index (χ1v) is 12.0. The van der Waals surface area contributed by atoms with Crippen LogP contribution < -0.4 is 5.32 Å². The first-order chi connectivity index (χ1) is 14.3. The lowest BCUT2D eigenvalue weighted by molar-refractivity contribution is -0.113. The quantitative estimate of drug-likeness (QED) is 0.533. The number of sulfonamides is 1. The number of nitrogens with zero attached hydrogens (tertiary/aromatic N) is 4. The van der Waals surface area contributed by atoms with Crippen LogP contribution in [0.3, 0.4) is 0 Å². The molecule has 8 nitrogen and oxygen atoms in total. The van der Waals surface area contributed by atoms with Crippen molar-refractivity contribution in [3.05, 3.63) is 47.7 Å². The number of fused-ring (bicyclic) bond motifs is 1. The molecule has 0 fully saturated rings. The highest BCUT2D eigenvalue weighted by Crippen LogP contribution is 2.22. The van der Waals surface area contributed by atoms with Crippen molar-refractivity contribution in [2.75, 3.05) is 24.2 Å². The number of anilines is 1. The number of aromatic nitrogens is 3. The number of rotatable bonds is 8. The van der Waals surface area contributed by atoms with E-state index < -0.39 is 10.0 Å². The molecule has 160 valence electrons. The molecular weight excluding hydrogens is 422 g/mol. The fourth-order valence-electron chi connectivity index (χ4n) is 3.00. The van der Waals surface area contributed by atoms with Gasteiger partial charge in [-0.05, 0) is 43.2 Å². The van der Waals surface area contributed by atoms with Gasteiger partial charge < -0.3 is 5.32 Å². The van der Waals surface area contributed by atoms with Gasteiger partial charge in [0.25, 0.3) is 0 Å². The summed E-state index contributed by atoms with van der Waals surface area (Å²) in [6.07, 6.45) is 1.51. The Morgan fingerprint density at radius 3 is 2.57 bits per heavy atom. The first kappa shape index (κ1) is 22.3. The average Bonchev–Trinajstić information content (AvgIpc) is 3.12. The molecule has 0 aliphatic rings. The van der Waals surface area contributed by atoms with E-state index in [1.807, 2.05) is 32.0 Å². The minimum Gasteiger partial charge on any atom is -0.325 e. The van der Waals surface area contributed by atoms with Crippen LogP contribution >= 0.6 is 11.8 Å². The molecule has 10 heteroatoms. The van der Waals surface area contributed by atoms with Crippen molar-refractivity contribution in [2.24, 2.45) is 0 Å². The maximum Gasteiger partial charge on any atom is 0.244 e. The smallest absolute Gasteiger partial charge is 0.244 e. The molecule has 2 heterocycles. The summed E-state index contributed by atoms with van der Waals surface area (Å²) < 4.78 is 28.6. The highest BCUT2D eigenvalue weighted by molar-refractivity contribution is 7.99. The fraction of sp³-hybridized carbons (Fsp3) is 0.350. The van der Waals surface area contributed by atoms with E-state index in [-0.39, 0.29) is 16.6 Å². The molecule has 3 aromatic rings. The lowest BCUT2D eigenvalue weighted by atomic mass is 10.1. The summed E-state index contributed by atoms with van der Waals surface area (Å²) in [5, 5.41) is 11.5. The predicted octanol–water partition coefficient (Wildman–Crippen LogP) is 3.11. The summed E-state index contributed by atoms with van der Waals surface area (Å²) in [4.78, 5) is 12.6. The van der Waals surface area contributed by atoms with Gasteiger partial charge in [-0.3, -0.25) is 9.20 Å². The minimum atomic E-state index is -3.60. The standard InChI is InChI=1S/C20H25N5O3S2/c1-5-24(6-2)30(27,28)16-9-10-18-22-23-20(25(18)12-16)29-13-19(26)21-17-11-14(3)7-8-15(17)4/h7-12H,5-6,13H2,1-4H3,(H,21,26). The number of hydrogen-bond acceptors (Lipinski definition) is 6. The number of carbonyl (C=O) groups is 1. The molecular formula is C20H25N5O3S2. The van der Waals surface area contributed by atoms with E-state index in [0.717, 1.165) is 16.8 Å². The van der Waals surface area contributed by atoms with Gasteiger partial charge in [0.2, 0.25) is 15.9 Å². The van der Waals surface area contributed by atoms with Crippen LogP contribution in [-0.4, -0.2) is 52.1 Å². The van der Waals surface area contributed by atoms with Crippen LogP contribution in [-0.2, 0) is 14.8 Å². The van der Waals surface area contributed by atoms with Crippen LogP contribution in [0.4, 0.5) is 5.69 Å². The van der Waals surface area contributed by atoms with Crippen LogP contribution in [0.15, 0.2) is 46.6 Å². The van der Waals surface area contributed by atoms with Crippen molar-refractivity contribution in [2.45, 2.75) is 37.7 Å². The number of hydrogen-bond donors (Lipinski definition) is 1. The molecule has 0 aliphatic heterocycles. The van der Waals surface area contributed by atoms with E-state index in [0.29, 0.717) is 23.9 Å². The number of pyridine rings is 1. The highest BCUT2D eigenvalue weighted by Gasteiger charge is 2.23. The summed E-state index contributed by atoms with van der Waals surface area (Å²) >= 11 is 1.20. The van der Waals surface area contributed by atoms with E-state index in [1.54, 1.807) is 24.3 Å². The van der Waals surface area contributed by atoms with Crippen molar-refractivity contribution >= 4 is 39.0 Å².